The lowest BCUT2D eigenvalue weighted by Gasteiger charge is -2.45. The molecule has 112 valence electrons. The lowest BCUT2D eigenvalue weighted by atomic mass is 9.72. The van der Waals surface area contributed by atoms with Crippen molar-refractivity contribution >= 4 is 0 Å². The van der Waals surface area contributed by atoms with Crippen LogP contribution in [0.2, 0.25) is 0 Å². The van der Waals surface area contributed by atoms with E-state index in [4.69, 9.17) is 9.47 Å². The summed E-state index contributed by atoms with van der Waals surface area (Å²) < 4.78 is 11.5. The van der Waals surface area contributed by atoms with Gasteiger partial charge in [-0.05, 0) is 31.6 Å². The highest BCUT2D eigenvalue weighted by molar-refractivity contribution is 4.95. The largest absolute Gasteiger partial charge is 0.390 e. The Morgan fingerprint density at radius 1 is 1.16 bits per heavy atom. The van der Waals surface area contributed by atoms with Crippen molar-refractivity contribution in [2.24, 2.45) is 11.8 Å². The highest BCUT2D eigenvalue weighted by atomic mass is 16.5. The first-order valence-corrected chi connectivity index (χ1v) is 8.11. The molecule has 1 aliphatic carbocycles. The SMILES string of the molecule is CCOC1(C(O)C2CCC(CC)CC2)CCOCC1. The molecular formula is C16H30O3. The normalized spacial score (nSPS) is 33.0. The van der Waals surface area contributed by atoms with Crippen LogP contribution in [0.5, 0.6) is 0 Å². The summed E-state index contributed by atoms with van der Waals surface area (Å²) in [6.07, 6.45) is 7.53. The minimum Gasteiger partial charge on any atom is -0.390 e. The highest BCUT2D eigenvalue weighted by Crippen LogP contribution is 2.40. The van der Waals surface area contributed by atoms with E-state index in [0.717, 1.165) is 44.8 Å². The number of hydrogen-bond acceptors (Lipinski definition) is 3. The van der Waals surface area contributed by atoms with Crippen LogP contribution in [0, 0.1) is 11.8 Å². The highest BCUT2D eigenvalue weighted by Gasteiger charge is 2.44. The molecule has 1 unspecified atom stereocenters. The smallest absolute Gasteiger partial charge is 0.0986 e. The monoisotopic (exact) mass is 270 g/mol. The Hall–Kier alpha value is -0.120. The van der Waals surface area contributed by atoms with Crippen LogP contribution in [0.25, 0.3) is 0 Å². The van der Waals surface area contributed by atoms with Crippen LogP contribution in [0.1, 0.15) is 58.8 Å². The van der Waals surface area contributed by atoms with E-state index in [2.05, 4.69) is 6.92 Å². The van der Waals surface area contributed by atoms with Gasteiger partial charge >= 0.3 is 0 Å². The molecule has 19 heavy (non-hydrogen) atoms. The van der Waals surface area contributed by atoms with E-state index >= 15 is 0 Å². The third-order valence-corrected chi connectivity index (χ3v) is 5.23. The first-order valence-electron chi connectivity index (χ1n) is 8.11. The molecule has 0 aromatic rings. The minimum absolute atomic E-state index is 0.311. The van der Waals surface area contributed by atoms with Crippen LogP contribution < -0.4 is 0 Å². The Bertz CT molecular complexity index is 247. The quantitative estimate of drug-likeness (QED) is 0.834. The van der Waals surface area contributed by atoms with E-state index in [1.54, 1.807) is 0 Å². The van der Waals surface area contributed by atoms with Crippen molar-refractivity contribution in [1.29, 1.82) is 0 Å². The van der Waals surface area contributed by atoms with Gasteiger partial charge in [-0.25, -0.2) is 0 Å². The molecular weight excluding hydrogens is 240 g/mol. The summed E-state index contributed by atoms with van der Waals surface area (Å²) in [5.41, 5.74) is -0.337. The first kappa shape index (κ1) is 15.3. The van der Waals surface area contributed by atoms with E-state index in [1.807, 2.05) is 6.92 Å². The minimum atomic E-state index is -0.337. The lowest BCUT2D eigenvalue weighted by Crippen LogP contribution is -2.52. The second-order valence-corrected chi connectivity index (χ2v) is 6.24. The summed E-state index contributed by atoms with van der Waals surface area (Å²) in [6, 6.07) is 0. The van der Waals surface area contributed by atoms with Crippen LogP contribution in [0.3, 0.4) is 0 Å². The molecule has 3 heteroatoms. The molecule has 2 aliphatic rings. The van der Waals surface area contributed by atoms with Crippen LogP contribution in [0.15, 0.2) is 0 Å². The molecule has 1 heterocycles. The van der Waals surface area contributed by atoms with Gasteiger partial charge in [-0.3, -0.25) is 0 Å². The second kappa shape index (κ2) is 7.05. The molecule has 3 nitrogen and oxygen atoms in total. The molecule has 2 rings (SSSR count). The molecule has 0 aromatic heterocycles. The molecule has 1 N–H and O–H groups in total. The molecule has 1 saturated heterocycles. The third kappa shape index (κ3) is 3.50. The van der Waals surface area contributed by atoms with Gasteiger partial charge in [0.05, 0.1) is 11.7 Å². The fraction of sp³-hybridized carbons (Fsp3) is 1.00. The molecule has 0 radical (unpaired) electrons. The van der Waals surface area contributed by atoms with Crippen molar-refractivity contribution in [3.63, 3.8) is 0 Å². The van der Waals surface area contributed by atoms with Crippen molar-refractivity contribution in [3.8, 4) is 0 Å². The standard InChI is InChI=1S/C16H30O3/c1-3-13-5-7-14(8-6-13)15(17)16(19-4-2)9-11-18-12-10-16/h13-15,17H,3-12H2,1-2H3. The summed E-state index contributed by atoms with van der Waals surface area (Å²) >= 11 is 0. The number of aliphatic hydroxyl groups excluding tert-OH is 1. The Morgan fingerprint density at radius 3 is 2.32 bits per heavy atom. The van der Waals surface area contributed by atoms with E-state index in [0.29, 0.717) is 12.5 Å². The zero-order valence-electron chi connectivity index (χ0n) is 12.6. The number of ether oxygens (including phenoxy) is 2. The van der Waals surface area contributed by atoms with Gasteiger partial charge in [0.15, 0.2) is 0 Å². The zero-order chi connectivity index (χ0) is 13.7. The van der Waals surface area contributed by atoms with Gasteiger partial charge in [-0.2, -0.15) is 0 Å². The van der Waals surface area contributed by atoms with Crippen LogP contribution >= 0.6 is 0 Å². The van der Waals surface area contributed by atoms with E-state index in [-0.39, 0.29) is 11.7 Å². The Balaban J connectivity index is 1.97. The third-order valence-electron chi connectivity index (χ3n) is 5.23. The molecule has 1 atom stereocenters. The fourth-order valence-electron chi connectivity index (χ4n) is 3.87. The predicted octanol–water partition coefficient (Wildman–Crippen LogP) is 3.15. The fourth-order valence-corrected chi connectivity index (χ4v) is 3.87. The summed E-state index contributed by atoms with van der Waals surface area (Å²) in [4.78, 5) is 0. The van der Waals surface area contributed by atoms with Crippen molar-refractivity contribution in [2.75, 3.05) is 19.8 Å². The zero-order valence-corrected chi connectivity index (χ0v) is 12.6. The Kier molecular flexibility index (Phi) is 5.67. The summed E-state index contributed by atoms with van der Waals surface area (Å²) in [5.74, 6) is 1.30. The molecule has 2 fully saturated rings. The topological polar surface area (TPSA) is 38.7 Å². The average Bonchev–Trinajstić information content (AvgIpc) is 2.48. The van der Waals surface area contributed by atoms with Crippen molar-refractivity contribution in [3.05, 3.63) is 0 Å². The van der Waals surface area contributed by atoms with Crippen LogP contribution in [0.4, 0.5) is 0 Å². The number of hydrogen-bond donors (Lipinski definition) is 1. The molecule has 1 saturated carbocycles. The van der Waals surface area contributed by atoms with Gasteiger partial charge in [0.25, 0.3) is 0 Å². The average molecular weight is 270 g/mol. The summed E-state index contributed by atoms with van der Waals surface area (Å²) in [5, 5.41) is 10.9. The maximum Gasteiger partial charge on any atom is 0.0986 e. The second-order valence-electron chi connectivity index (χ2n) is 6.24. The first-order chi connectivity index (χ1) is 9.22. The van der Waals surface area contributed by atoms with Gasteiger partial charge < -0.3 is 14.6 Å². The summed E-state index contributed by atoms with van der Waals surface area (Å²) in [7, 11) is 0. The molecule has 0 aromatic carbocycles. The van der Waals surface area contributed by atoms with Crippen LogP contribution in [-0.4, -0.2) is 36.6 Å². The van der Waals surface area contributed by atoms with Gasteiger partial charge in [0.1, 0.15) is 0 Å². The molecule has 0 bridgehead atoms. The molecule has 0 amide bonds. The van der Waals surface area contributed by atoms with Crippen molar-refractivity contribution < 1.29 is 14.6 Å². The molecule has 1 aliphatic heterocycles. The van der Waals surface area contributed by atoms with Crippen molar-refractivity contribution in [2.45, 2.75) is 70.5 Å². The Morgan fingerprint density at radius 2 is 1.79 bits per heavy atom. The number of aliphatic hydroxyl groups is 1. The Labute approximate surface area is 117 Å². The predicted molar refractivity (Wildman–Crippen MR) is 76.2 cm³/mol. The maximum absolute atomic E-state index is 10.9. The maximum atomic E-state index is 10.9. The van der Waals surface area contributed by atoms with Gasteiger partial charge in [-0.1, -0.05) is 26.2 Å². The van der Waals surface area contributed by atoms with E-state index in [1.165, 1.54) is 19.3 Å². The number of rotatable bonds is 5. The van der Waals surface area contributed by atoms with E-state index in [9.17, 15) is 5.11 Å². The van der Waals surface area contributed by atoms with Crippen molar-refractivity contribution in [1.82, 2.24) is 0 Å². The van der Waals surface area contributed by atoms with Crippen LogP contribution in [-0.2, 0) is 9.47 Å². The van der Waals surface area contributed by atoms with Gasteiger partial charge in [0, 0.05) is 32.7 Å². The van der Waals surface area contributed by atoms with Gasteiger partial charge in [-0.15, -0.1) is 0 Å². The molecule has 0 spiro atoms. The van der Waals surface area contributed by atoms with E-state index < -0.39 is 0 Å². The van der Waals surface area contributed by atoms with Gasteiger partial charge in [0.2, 0.25) is 0 Å². The summed E-state index contributed by atoms with van der Waals surface area (Å²) in [6.45, 7) is 6.43. The lowest BCUT2D eigenvalue weighted by molar-refractivity contribution is -0.183.